The fourth-order valence-electron chi connectivity index (χ4n) is 2.90. The van der Waals surface area contributed by atoms with Gasteiger partial charge in [0.1, 0.15) is 11.2 Å². The van der Waals surface area contributed by atoms with Gasteiger partial charge in [-0.15, -0.1) is 0 Å². The van der Waals surface area contributed by atoms with Crippen molar-refractivity contribution in [2.75, 3.05) is 6.54 Å². The molecule has 1 atom stereocenters. The van der Waals surface area contributed by atoms with Crippen molar-refractivity contribution in [3.63, 3.8) is 0 Å². The van der Waals surface area contributed by atoms with E-state index in [9.17, 15) is 18.0 Å². The zero-order valence-electron chi connectivity index (χ0n) is 13.9. The minimum absolute atomic E-state index is 0.150. The van der Waals surface area contributed by atoms with E-state index in [2.05, 4.69) is 11.6 Å². The summed E-state index contributed by atoms with van der Waals surface area (Å²) in [5.74, 6) is 0.282. The maximum atomic E-state index is 13.6. The molecule has 0 saturated carbocycles. The summed E-state index contributed by atoms with van der Waals surface area (Å²) in [6.45, 7) is 3.76. The van der Waals surface area contributed by atoms with Crippen LogP contribution in [0.1, 0.15) is 49.7 Å². The van der Waals surface area contributed by atoms with E-state index in [1.54, 1.807) is 0 Å². The van der Waals surface area contributed by atoms with Crippen molar-refractivity contribution in [2.45, 2.75) is 44.2 Å². The van der Waals surface area contributed by atoms with E-state index in [1.807, 2.05) is 6.08 Å². The fourth-order valence-corrected chi connectivity index (χ4v) is 2.90. The van der Waals surface area contributed by atoms with Crippen LogP contribution < -0.4 is 11.3 Å². The zero-order chi connectivity index (χ0) is 18.1. The van der Waals surface area contributed by atoms with Crippen molar-refractivity contribution in [3.05, 3.63) is 40.1 Å². The lowest BCUT2D eigenvalue weighted by Gasteiger charge is -2.32. The summed E-state index contributed by atoms with van der Waals surface area (Å²) in [7, 11) is 1.52. The predicted octanol–water partition coefficient (Wildman–Crippen LogP) is 3.16. The standard InChI is InChI=1S/C17H22F3N3O/c1-4-12-13(16(2,10-21)17(18,19)20)22-14(23(3)15(12)24)11-8-6-5-7-9-11/h4,8H,1,5-7,9-10,21H2,2-3H3. The number of alkyl halides is 3. The van der Waals surface area contributed by atoms with Gasteiger partial charge in [0.25, 0.3) is 5.56 Å². The van der Waals surface area contributed by atoms with Crippen molar-refractivity contribution in [1.29, 1.82) is 0 Å². The Bertz CT molecular complexity index is 734. The molecule has 0 bridgehead atoms. The Kier molecular flexibility index (Phi) is 5.03. The molecule has 132 valence electrons. The first-order chi connectivity index (χ1) is 11.2. The van der Waals surface area contributed by atoms with Crippen molar-refractivity contribution < 1.29 is 13.2 Å². The summed E-state index contributed by atoms with van der Waals surface area (Å²) < 4.78 is 42.2. The molecule has 0 aliphatic heterocycles. The van der Waals surface area contributed by atoms with Crippen LogP contribution in [0.2, 0.25) is 0 Å². The molecular weight excluding hydrogens is 319 g/mol. The Labute approximate surface area is 138 Å². The predicted molar refractivity (Wildman–Crippen MR) is 88.5 cm³/mol. The van der Waals surface area contributed by atoms with Crippen LogP contribution in [0, 0.1) is 0 Å². The molecule has 1 aliphatic carbocycles. The summed E-state index contributed by atoms with van der Waals surface area (Å²) in [5, 5.41) is 0. The van der Waals surface area contributed by atoms with Crippen LogP contribution in [-0.4, -0.2) is 22.3 Å². The summed E-state index contributed by atoms with van der Waals surface area (Å²) in [4.78, 5) is 16.9. The lowest BCUT2D eigenvalue weighted by atomic mass is 9.83. The second-order valence-corrected chi connectivity index (χ2v) is 6.28. The van der Waals surface area contributed by atoms with Gasteiger partial charge in [-0.05, 0) is 38.2 Å². The van der Waals surface area contributed by atoms with Gasteiger partial charge >= 0.3 is 6.18 Å². The van der Waals surface area contributed by atoms with E-state index < -0.39 is 23.7 Å². The molecule has 0 amide bonds. The number of rotatable bonds is 4. The van der Waals surface area contributed by atoms with Gasteiger partial charge in [-0.3, -0.25) is 9.36 Å². The number of aromatic nitrogens is 2. The van der Waals surface area contributed by atoms with E-state index in [-0.39, 0.29) is 17.1 Å². The Morgan fingerprint density at radius 3 is 2.54 bits per heavy atom. The van der Waals surface area contributed by atoms with Gasteiger partial charge in [0.05, 0.1) is 11.3 Å². The molecule has 1 aromatic rings. The van der Waals surface area contributed by atoms with Gasteiger partial charge in [-0.1, -0.05) is 18.7 Å². The maximum Gasteiger partial charge on any atom is 0.400 e. The first kappa shape index (κ1) is 18.4. The Hall–Kier alpha value is -1.89. The molecule has 0 fully saturated rings. The van der Waals surface area contributed by atoms with Crippen LogP contribution in [0.15, 0.2) is 17.4 Å². The number of allylic oxidation sites excluding steroid dienone is 2. The molecule has 2 N–H and O–H groups in total. The first-order valence-corrected chi connectivity index (χ1v) is 7.87. The average molecular weight is 341 g/mol. The molecule has 1 aromatic heterocycles. The Morgan fingerprint density at radius 1 is 1.42 bits per heavy atom. The third kappa shape index (κ3) is 2.92. The average Bonchev–Trinajstić information content (AvgIpc) is 2.56. The highest BCUT2D eigenvalue weighted by molar-refractivity contribution is 5.63. The van der Waals surface area contributed by atoms with E-state index in [0.29, 0.717) is 6.42 Å². The SMILES string of the molecule is C=Cc1c(C(C)(CN)C(F)(F)F)nc(C2=CCCCC2)n(C)c1=O. The normalized spacial score (nSPS) is 18.0. The first-order valence-electron chi connectivity index (χ1n) is 7.87. The van der Waals surface area contributed by atoms with E-state index in [4.69, 9.17) is 5.73 Å². The van der Waals surface area contributed by atoms with Crippen molar-refractivity contribution in [1.82, 2.24) is 9.55 Å². The summed E-state index contributed by atoms with van der Waals surface area (Å²) in [5.41, 5.74) is 2.80. The second kappa shape index (κ2) is 6.55. The van der Waals surface area contributed by atoms with Crippen LogP contribution in [0.4, 0.5) is 13.2 Å². The third-order valence-electron chi connectivity index (χ3n) is 4.66. The number of hydrogen-bond acceptors (Lipinski definition) is 3. The minimum Gasteiger partial charge on any atom is -0.329 e. The van der Waals surface area contributed by atoms with Gasteiger partial charge in [0.15, 0.2) is 0 Å². The van der Waals surface area contributed by atoms with E-state index in [0.717, 1.165) is 37.8 Å². The van der Waals surface area contributed by atoms with Crippen LogP contribution in [0.25, 0.3) is 11.6 Å². The van der Waals surface area contributed by atoms with Crippen LogP contribution in [0.5, 0.6) is 0 Å². The van der Waals surface area contributed by atoms with Gasteiger partial charge < -0.3 is 5.73 Å². The molecule has 4 nitrogen and oxygen atoms in total. The summed E-state index contributed by atoms with van der Waals surface area (Å²) >= 11 is 0. The number of hydrogen-bond donors (Lipinski definition) is 1. The molecule has 24 heavy (non-hydrogen) atoms. The molecule has 0 radical (unpaired) electrons. The topological polar surface area (TPSA) is 60.9 Å². The molecule has 1 heterocycles. The second-order valence-electron chi connectivity index (χ2n) is 6.28. The zero-order valence-corrected chi connectivity index (χ0v) is 13.9. The highest BCUT2D eigenvalue weighted by atomic mass is 19.4. The highest BCUT2D eigenvalue weighted by Crippen LogP contribution is 2.40. The van der Waals surface area contributed by atoms with Crippen LogP contribution >= 0.6 is 0 Å². The molecule has 1 unspecified atom stereocenters. The largest absolute Gasteiger partial charge is 0.400 e. The van der Waals surface area contributed by atoms with Gasteiger partial charge in [-0.2, -0.15) is 13.2 Å². The third-order valence-corrected chi connectivity index (χ3v) is 4.66. The monoisotopic (exact) mass is 341 g/mol. The maximum absolute atomic E-state index is 13.6. The van der Waals surface area contributed by atoms with E-state index in [1.165, 1.54) is 11.6 Å². The lowest BCUT2D eigenvalue weighted by molar-refractivity contribution is -0.183. The number of nitrogens with two attached hydrogens (primary N) is 1. The Morgan fingerprint density at radius 2 is 2.08 bits per heavy atom. The van der Waals surface area contributed by atoms with Crippen molar-refractivity contribution >= 4 is 11.6 Å². The Balaban J connectivity index is 2.80. The van der Waals surface area contributed by atoms with Gasteiger partial charge in [-0.25, -0.2) is 4.98 Å². The van der Waals surface area contributed by atoms with Crippen LogP contribution in [-0.2, 0) is 12.5 Å². The molecular formula is C17H22F3N3O. The van der Waals surface area contributed by atoms with Gasteiger partial charge in [0.2, 0.25) is 0 Å². The van der Waals surface area contributed by atoms with Crippen molar-refractivity contribution in [2.24, 2.45) is 12.8 Å². The van der Waals surface area contributed by atoms with Gasteiger partial charge in [0, 0.05) is 13.6 Å². The smallest absolute Gasteiger partial charge is 0.329 e. The molecule has 0 aromatic carbocycles. The molecule has 0 spiro atoms. The van der Waals surface area contributed by atoms with Crippen LogP contribution in [0.3, 0.4) is 0 Å². The molecule has 2 rings (SSSR count). The van der Waals surface area contributed by atoms with E-state index >= 15 is 0 Å². The fraction of sp³-hybridized carbons (Fsp3) is 0.529. The van der Waals surface area contributed by atoms with Crippen molar-refractivity contribution in [3.8, 4) is 0 Å². The quantitative estimate of drug-likeness (QED) is 0.915. The number of halogens is 3. The highest BCUT2D eigenvalue weighted by Gasteiger charge is 2.54. The summed E-state index contributed by atoms with van der Waals surface area (Å²) in [6, 6.07) is 0. The summed E-state index contributed by atoms with van der Waals surface area (Å²) in [6.07, 6.45) is 1.91. The molecule has 0 saturated heterocycles. The molecule has 1 aliphatic rings. The minimum atomic E-state index is -4.63. The number of nitrogens with zero attached hydrogens (tertiary/aromatic N) is 2. The molecule has 7 heteroatoms. The lowest BCUT2D eigenvalue weighted by Crippen LogP contribution is -2.48.